The number of hydrogen-bond acceptors (Lipinski definition) is 9. The fourth-order valence-electron chi connectivity index (χ4n) is 4.15. The highest BCUT2D eigenvalue weighted by atomic mass is 32.2. The number of anilines is 1. The van der Waals surface area contributed by atoms with Gasteiger partial charge in [-0.05, 0) is 42.8 Å². The molecule has 0 saturated heterocycles. The topological polar surface area (TPSA) is 96.7 Å². The summed E-state index contributed by atoms with van der Waals surface area (Å²) in [5, 5.41) is 8.31. The molecular formula is C24H24N4O5S2. The van der Waals surface area contributed by atoms with Crippen LogP contribution in [0.25, 0.3) is 15.3 Å². The Labute approximate surface area is 210 Å². The van der Waals surface area contributed by atoms with Gasteiger partial charge in [-0.1, -0.05) is 11.3 Å². The van der Waals surface area contributed by atoms with E-state index in [0.29, 0.717) is 28.2 Å². The van der Waals surface area contributed by atoms with E-state index in [9.17, 15) is 4.79 Å². The van der Waals surface area contributed by atoms with E-state index in [4.69, 9.17) is 29.0 Å². The molecule has 35 heavy (non-hydrogen) atoms. The molecule has 0 radical (unpaired) electrons. The van der Waals surface area contributed by atoms with Gasteiger partial charge in [0.25, 0.3) is 0 Å². The lowest BCUT2D eigenvalue weighted by atomic mass is 10.0. The molecular weight excluding hydrogens is 488 g/mol. The van der Waals surface area contributed by atoms with Gasteiger partial charge in [0.05, 0.1) is 55.4 Å². The number of thiazole rings is 1. The van der Waals surface area contributed by atoms with Gasteiger partial charge in [0.1, 0.15) is 11.6 Å². The summed E-state index contributed by atoms with van der Waals surface area (Å²) < 4.78 is 24.7. The molecule has 0 fully saturated rings. The maximum atomic E-state index is 12.7. The second kappa shape index (κ2) is 9.31. The number of thioether (sulfide) groups is 1. The molecule has 9 nitrogen and oxygen atoms in total. The Morgan fingerprint density at radius 3 is 2.43 bits per heavy atom. The Hall–Kier alpha value is -3.44. The predicted octanol–water partition coefficient (Wildman–Crippen LogP) is 4.60. The van der Waals surface area contributed by atoms with Crippen LogP contribution in [0.15, 0.2) is 30.3 Å². The Balaban J connectivity index is 1.67. The Morgan fingerprint density at radius 2 is 1.77 bits per heavy atom. The van der Waals surface area contributed by atoms with Crippen LogP contribution in [0.2, 0.25) is 0 Å². The maximum Gasteiger partial charge on any atom is 0.235 e. The van der Waals surface area contributed by atoms with Gasteiger partial charge >= 0.3 is 0 Å². The van der Waals surface area contributed by atoms with Crippen molar-refractivity contribution in [3.63, 3.8) is 0 Å². The average Bonchev–Trinajstić information content (AvgIpc) is 3.38. The van der Waals surface area contributed by atoms with E-state index in [-0.39, 0.29) is 16.9 Å². The minimum absolute atomic E-state index is 0.102. The van der Waals surface area contributed by atoms with Crippen LogP contribution in [0.4, 0.5) is 5.82 Å². The lowest BCUT2D eigenvalue weighted by Gasteiger charge is -2.19. The number of amides is 1. The van der Waals surface area contributed by atoms with Crippen molar-refractivity contribution < 1.29 is 23.7 Å². The van der Waals surface area contributed by atoms with E-state index in [1.807, 2.05) is 37.3 Å². The zero-order valence-corrected chi connectivity index (χ0v) is 21.5. The zero-order chi connectivity index (χ0) is 24.7. The number of fused-ring (bicyclic) bond motifs is 2. The fraction of sp³-hybridized carbons (Fsp3) is 0.292. The van der Waals surface area contributed by atoms with E-state index in [1.165, 1.54) is 23.1 Å². The molecule has 11 heteroatoms. The van der Waals surface area contributed by atoms with Gasteiger partial charge in [-0.3, -0.25) is 4.79 Å². The van der Waals surface area contributed by atoms with Crippen molar-refractivity contribution >= 4 is 45.0 Å². The Bertz CT molecular complexity index is 1410. The van der Waals surface area contributed by atoms with Gasteiger partial charge in [0.15, 0.2) is 11.5 Å². The van der Waals surface area contributed by atoms with Crippen molar-refractivity contribution in [2.24, 2.45) is 0 Å². The van der Waals surface area contributed by atoms with Gasteiger partial charge in [0.2, 0.25) is 16.8 Å². The number of aromatic nitrogens is 3. The second-order valence-corrected chi connectivity index (χ2v) is 9.89. The minimum atomic E-state index is -0.194. The third-order valence-electron chi connectivity index (χ3n) is 5.76. The molecule has 2 aromatic carbocycles. The van der Waals surface area contributed by atoms with Crippen molar-refractivity contribution in [3.8, 4) is 28.1 Å². The number of nitrogens with zero attached hydrogens (tertiary/aromatic N) is 3. The van der Waals surface area contributed by atoms with E-state index >= 15 is 0 Å². The van der Waals surface area contributed by atoms with E-state index in [2.05, 4.69) is 5.32 Å². The quantitative estimate of drug-likeness (QED) is 0.400. The van der Waals surface area contributed by atoms with Crippen molar-refractivity contribution in [1.82, 2.24) is 14.8 Å². The first-order chi connectivity index (χ1) is 17.0. The fourth-order valence-corrected chi connectivity index (χ4v) is 6.27. The minimum Gasteiger partial charge on any atom is -0.497 e. The highest BCUT2D eigenvalue weighted by Crippen LogP contribution is 2.48. The number of rotatable bonds is 6. The molecule has 2 aromatic heterocycles. The first-order valence-electron chi connectivity index (χ1n) is 10.7. The van der Waals surface area contributed by atoms with Gasteiger partial charge in [-0.15, -0.1) is 11.8 Å². The Kier molecular flexibility index (Phi) is 6.20. The second-order valence-electron chi connectivity index (χ2n) is 7.79. The van der Waals surface area contributed by atoms with Crippen LogP contribution in [0.1, 0.15) is 22.1 Å². The number of carbonyl (C=O) groups is 1. The van der Waals surface area contributed by atoms with Crippen LogP contribution < -0.4 is 24.3 Å². The molecule has 0 spiro atoms. The number of carbonyl (C=O) groups excluding carboxylic acids is 1. The molecule has 0 aliphatic carbocycles. The summed E-state index contributed by atoms with van der Waals surface area (Å²) in [6, 6.07) is 9.56. The predicted molar refractivity (Wildman–Crippen MR) is 137 cm³/mol. The monoisotopic (exact) mass is 512 g/mol. The third-order valence-corrected chi connectivity index (χ3v) is 8.03. The first-order valence-corrected chi connectivity index (χ1v) is 12.6. The van der Waals surface area contributed by atoms with Gasteiger partial charge in [-0.25, -0.2) is 4.98 Å². The van der Waals surface area contributed by atoms with Crippen LogP contribution in [0.5, 0.6) is 23.0 Å². The van der Waals surface area contributed by atoms with Crippen LogP contribution in [0.3, 0.4) is 0 Å². The highest BCUT2D eigenvalue weighted by molar-refractivity contribution is 8.00. The number of nitrogens with one attached hydrogen (secondary N) is 1. The summed E-state index contributed by atoms with van der Waals surface area (Å²) in [5.74, 6) is 3.18. The summed E-state index contributed by atoms with van der Waals surface area (Å²) in [4.78, 5) is 17.5. The number of methoxy groups -OCH3 is 4. The number of ether oxygens (including phenoxy) is 4. The summed E-state index contributed by atoms with van der Waals surface area (Å²) >= 11 is 3.00. The zero-order valence-electron chi connectivity index (χ0n) is 19.9. The molecule has 0 saturated carbocycles. The van der Waals surface area contributed by atoms with Crippen LogP contribution in [0, 0.1) is 6.92 Å². The Morgan fingerprint density at radius 1 is 1.03 bits per heavy atom. The molecule has 1 N–H and O–H groups in total. The average molecular weight is 513 g/mol. The maximum absolute atomic E-state index is 12.7. The van der Waals surface area contributed by atoms with Crippen LogP contribution in [-0.4, -0.2) is 54.9 Å². The molecule has 182 valence electrons. The van der Waals surface area contributed by atoms with Crippen molar-refractivity contribution in [3.05, 3.63) is 47.2 Å². The van der Waals surface area contributed by atoms with E-state index in [0.717, 1.165) is 32.8 Å². The lowest BCUT2D eigenvalue weighted by molar-refractivity contribution is -0.113. The third kappa shape index (κ3) is 4.04. The SMILES string of the molecule is COc1ccc2nc(-n3nc(C)c4c3NC(=O)CS[C@H]4c3cc(OC)c(OC)c(OC)c3)sc2c1. The van der Waals surface area contributed by atoms with Crippen LogP contribution >= 0.6 is 23.1 Å². The molecule has 5 rings (SSSR count). The highest BCUT2D eigenvalue weighted by Gasteiger charge is 2.32. The summed E-state index contributed by atoms with van der Waals surface area (Å²) in [6.07, 6.45) is 0. The first kappa shape index (κ1) is 23.3. The molecule has 0 bridgehead atoms. The molecule has 1 atom stereocenters. The van der Waals surface area contributed by atoms with Crippen molar-refractivity contribution in [1.29, 1.82) is 0 Å². The number of hydrogen-bond donors (Lipinski definition) is 1. The van der Waals surface area contributed by atoms with Crippen molar-refractivity contribution in [2.75, 3.05) is 39.5 Å². The summed E-state index contributed by atoms with van der Waals surface area (Å²) in [7, 11) is 6.38. The van der Waals surface area contributed by atoms with Crippen LogP contribution in [-0.2, 0) is 4.79 Å². The molecule has 4 aromatic rings. The smallest absolute Gasteiger partial charge is 0.235 e. The lowest BCUT2D eigenvalue weighted by Crippen LogP contribution is -2.15. The summed E-state index contributed by atoms with van der Waals surface area (Å²) in [5.41, 5.74) is 3.46. The van der Waals surface area contributed by atoms with Crippen molar-refractivity contribution in [2.45, 2.75) is 12.2 Å². The molecule has 0 unspecified atom stereocenters. The normalized spacial score (nSPS) is 15.3. The van der Waals surface area contributed by atoms with Gasteiger partial charge in [0, 0.05) is 5.56 Å². The standard InChI is InChI=1S/C24H24N4O5S2/c1-12-20-22(13-8-16(31-3)21(33-5)17(9-13)32-4)34-11-19(29)26-23(20)28(27-12)24-25-15-7-6-14(30-2)10-18(15)35-24/h6-10,22H,11H2,1-5H3,(H,26,29)/t22-/m0/s1. The molecule has 1 amide bonds. The molecule has 1 aliphatic rings. The summed E-state index contributed by atoms with van der Waals surface area (Å²) in [6.45, 7) is 1.94. The van der Waals surface area contributed by atoms with E-state index < -0.39 is 0 Å². The van der Waals surface area contributed by atoms with Gasteiger partial charge in [-0.2, -0.15) is 9.78 Å². The van der Waals surface area contributed by atoms with Gasteiger partial charge < -0.3 is 24.3 Å². The number of benzene rings is 2. The van der Waals surface area contributed by atoms with E-state index in [1.54, 1.807) is 33.1 Å². The largest absolute Gasteiger partial charge is 0.497 e. The molecule has 1 aliphatic heterocycles. The molecule has 3 heterocycles. The number of aryl methyl sites for hydroxylation is 1.